The normalized spacial score (nSPS) is 10.6. The molecule has 1 N–H and O–H groups in total. The van der Waals surface area contributed by atoms with Crippen molar-refractivity contribution in [2.24, 2.45) is 0 Å². The van der Waals surface area contributed by atoms with Gasteiger partial charge in [0.05, 0.1) is 12.3 Å². The van der Waals surface area contributed by atoms with Crippen molar-refractivity contribution in [3.05, 3.63) is 39.9 Å². The van der Waals surface area contributed by atoms with E-state index >= 15 is 0 Å². The Bertz CT molecular complexity index is 613. The van der Waals surface area contributed by atoms with Crippen molar-refractivity contribution in [2.75, 3.05) is 20.3 Å². The van der Waals surface area contributed by atoms with E-state index in [2.05, 4.69) is 10.3 Å². The molecule has 2 rings (SSSR count). The number of ether oxygens (including phenoxy) is 1. The number of hydrogen-bond donors (Lipinski definition) is 1. The lowest BCUT2D eigenvalue weighted by Gasteiger charge is -2.02. The molecule has 1 aromatic carbocycles. The highest BCUT2D eigenvalue weighted by molar-refractivity contribution is 7.17. The van der Waals surface area contributed by atoms with Crippen LogP contribution in [0.2, 0.25) is 5.02 Å². The summed E-state index contributed by atoms with van der Waals surface area (Å²) in [5.74, 6) is -0.120. The molecule has 6 heteroatoms. The number of halogens is 1. The van der Waals surface area contributed by atoms with Crippen LogP contribution in [-0.4, -0.2) is 31.2 Å². The third-order valence-electron chi connectivity index (χ3n) is 2.67. The highest BCUT2D eigenvalue weighted by Crippen LogP contribution is 2.29. The molecule has 0 fully saturated rings. The standard InChI is InChI=1S/C14H15ClN2O2S/c1-9-12(13(18)16-6-7-19-2)20-14(17-9)10-4-3-5-11(15)8-10/h3-5,8H,6-7H2,1-2H3,(H,16,18). The molecule has 20 heavy (non-hydrogen) atoms. The van der Waals surface area contributed by atoms with Gasteiger partial charge in [0.25, 0.3) is 5.91 Å². The van der Waals surface area contributed by atoms with Crippen LogP contribution in [-0.2, 0) is 4.74 Å². The van der Waals surface area contributed by atoms with Gasteiger partial charge < -0.3 is 10.1 Å². The Morgan fingerprint density at radius 2 is 2.30 bits per heavy atom. The van der Waals surface area contributed by atoms with E-state index in [4.69, 9.17) is 16.3 Å². The van der Waals surface area contributed by atoms with Gasteiger partial charge >= 0.3 is 0 Å². The molecular formula is C14H15ClN2O2S. The topological polar surface area (TPSA) is 51.2 Å². The fraction of sp³-hybridized carbons (Fsp3) is 0.286. The third kappa shape index (κ3) is 3.56. The minimum absolute atomic E-state index is 0.120. The van der Waals surface area contributed by atoms with Gasteiger partial charge in [-0.1, -0.05) is 23.7 Å². The van der Waals surface area contributed by atoms with Crippen molar-refractivity contribution in [3.63, 3.8) is 0 Å². The van der Waals surface area contributed by atoms with Crippen LogP contribution in [0.3, 0.4) is 0 Å². The Balaban J connectivity index is 2.19. The van der Waals surface area contributed by atoms with Crippen molar-refractivity contribution in [3.8, 4) is 10.6 Å². The van der Waals surface area contributed by atoms with Gasteiger partial charge in [-0.3, -0.25) is 4.79 Å². The van der Waals surface area contributed by atoms with Crippen LogP contribution in [0.1, 0.15) is 15.4 Å². The number of aromatic nitrogens is 1. The fourth-order valence-corrected chi connectivity index (χ4v) is 2.87. The van der Waals surface area contributed by atoms with E-state index < -0.39 is 0 Å². The lowest BCUT2D eigenvalue weighted by atomic mass is 10.2. The smallest absolute Gasteiger partial charge is 0.263 e. The average Bonchev–Trinajstić information content (AvgIpc) is 2.81. The summed E-state index contributed by atoms with van der Waals surface area (Å²) in [6.45, 7) is 2.81. The minimum Gasteiger partial charge on any atom is -0.383 e. The minimum atomic E-state index is -0.120. The maximum atomic E-state index is 12.0. The zero-order chi connectivity index (χ0) is 14.5. The summed E-state index contributed by atoms with van der Waals surface area (Å²) in [6, 6.07) is 7.44. The quantitative estimate of drug-likeness (QED) is 0.863. The molecule has 0 aliphatic carbocycles. The summed E-state index contributed by atoms with van der Waals surface area (Å²) in [4.78, 5) is 17.1. The molecule has 106 valence electrons. The molecule has 4 nitrogen and oxygen atoms in total. The van der Waals surface area contributed by atoms with Gasteiger partial charge in [0.2, 0.25) is 0 Å². The molecule has 0 saturated heterocycles. The highest BCUT2D eigenvalue weighted by atomic mass is 35.5. The van der Waals surface area contributed by atoms with E-state index in [1.165, 1.54) is 11.3 Å². The largest absolute Gasteiger partial charge is 0.383 e. The summed E-state index contributed by atoms with van der Waals surface area (Å²) in [7, 11) is 1.60. The maximum absolute atomic E-state index is 12.0. The molecule has 2 aromatic rings. The summed E-state index contributed by atoms with van der Waals surface area (Å²) < 4.78 is 4.90. The van der Waals surface area contributed by atoms with Crippen molar-refractivity contribution >= 4 is 28.8 Å². The average molecular weight is 311 g/mol. The number of aryl methyl sites for hydroxylation is 1. The number of nitrogens with one attached hydrogen (secondary N) is 1. The lowest BCUT2D eigenvalue weighted by Crippen LogP contribution is -2.26. The van der Waals surface area contributed by atoms with Gasteiger partial charge in [-0.2, -0.15) is 0 Å². The summed E-state index contributed by atoms with van der Waals surface area (Å²) >= 11 is 7.34. The number of amides is 1. The molecule has 0 aliphatic heterocycles. The molecule has 0 spiro atoms. The van der Waals surface area contributed by atoms with Crippen LogP contribution in [0, 0.1) is 6.92 Å². The Morgan fingerprint density at radius 1 is 1.50 bits per heavy atom. The molecule has 0 unspecified atom stereocenters. The molecule has 1 heterocycles. The number of rotatable bonds is 5. The predicted molar refractivity (Wildman–Crippen MR) is 81.5 cm³/mol. The zero-order valence-electron chi connectivity index (χ0n) is 11.3. The van der Waals surface area contributed by atoms with Crippen LogP contribution in [0.4, 0.5) is 0 Å². The number of nitrogens with zero attached hydrogens (tertiary/aromatic N) is 1. The number of carbonyl (C=O) groups is 1. The Labute approximate surface area is 126 Å². The molecule has 0 radical (unpaired) electrons. The number of methoxy groups -OCH3 is 1. The fourth-order valence-electron chi connectivity index (χ4n) is 1.70. The Hall–Kier alpha value is -1.43. The van der Waals surface area contributed by atoms with Crippen LogP contribution < -0.4 is 5.32 Å². The Morgan fingerprint density at radius 3 is 3.00 bits per heavy atom. The Kier molecular flexibility index (Phi) is 5.11. The number of carbonyl (C=O) groups excluding carboxylic acids is 1. The van der Waals surface area contributed by atoms with Crippen LogP contribution in [0.25, 0.3) is 10.6 Å². The van der Waals surface area contributed by atoms with Crippen molar-refractivity contribution in [2.45, 2.75) is 6.92 Å². The molecule has 0 aliphatic rings. The van der Waals surface area contributed by atoms with Gasteiger partial charge in [-0.05, 0) is 19.1 Å². The molecule has 1 amide bonds. The SMILES string of the molecule is COCCNC(=O)c1sc(-c2cccc(Cl)c2)nc1C. The van der Waals surface area contributed by atoms with E-state index in [0.29, 0.717) is 23.1 Å². The summed E-state index contributed by atoms with van der Waals surface area (Å²) in [5, 5.41) is 4.24. The molecule has 0 atom stereocenters. The van der Waals surface area contributed by atoms with Gasteiger partial charge in [0.1, 0.15) is 9.88 Å². The van der Waals surface area contributed by atoms with Gasteiger partial charge in [-0.15, -0.1) is 11.3 Å². The lowest BCUT2D eigenvalue weighted by molar-refractivity contribution is 0.0940. The number of benzene rings is 1. The van der Waals surface area contributed by atoms with E-state index in [1.807, 2.05) is 31.2 Å². The van der Waals surface area contributed by atoms with Crippen molar-refractivity contribution < 1.29 is 9.53 Å². The van der Waals surface area contributed by atoms with Gasteiger partial charge in [0.15, 0.2) is 0 Å². The second-order valence-corrected chi connectivity index (χ2v) is 5.63. The van der Waals surface area contributed by atoms with Crippen LogP contribution in [0.5, 0.6) is 0 Å². The van der Waals surface area contributed by atoms with E-state index in [1.54, 1.807) is 7.11 Å². The third-order valence-corrected chi connectivity index (χ3v) is 4.11. The monoisotopic (exact) mass is 310 g/mol. The van der Waals surface area contributed by atoms with Crippen molar-refractivity contribution in [1.29, 1.82) is 0 Å². The first-order valence-electron chi connectivity index (χ1n) is 6.12. The van der Waals surface area contributed by atoms with Crippen LogP contribution >= 0.6 is 22.9 Å². The first-order valence-corrected chi connectivity index (χ1v) is 7.31. The van der Waals surface area contributed by atoms with E-state index in [-0.39, 0.29) is 5.91 Å². The summed E-state index contributed by atoms with van der Waals surface area (Å²) in [6.07, 6.45) is 0. The predicted octanol–water partition coefficient (Wildman–Crippen LogP) is 3.15. The number of thiazole rings is 1. The zero-order valence-corrected chi connectivity index (χ0v) is 12.8. The molecule has 1 aromatic heterocycles. The van der Waals surface area contributed by atoms with E-state index in [9.17, 15) is 4.79 Å². The number of hydrogen-bond acceptors (Lipinski definition) is 4. The molecule has 0 bridgehead atoms. The second kappa shape index (κ2) is 6.83. The van der Waals surface area contributed by atoms with Gasteiger partial charge in [0, 0.05) is 24.2 Å². The second-order valence-electron chi connectivity index (χ2n) is 4.19. The van der Waals surface area contributed by atoms with Crippen LogP contribution in [0.15, 0.2) is 24.3 Å². The van der Waals surface area contributed by atoms with Crippen molar-refractivity contribution in [1.82, 2.24) is 10.3 Å². The van der Waals surface area contributed by atoms with Gasteiger partial charge in [-0.25, -0.2) is 4.98 Å². The molecular weight excluding hydrogens is 296 g/mol. The first kappa shape index (κ1) is 15.0. The highest BCUT2D eigenvalue weighted by Gasteiger charge is 2.15. The molecule has 0 saturated carbocycles. The maximum Gasteiger partial charge on any atom is 0.263 e. The first-order chi connectivity index (χ1) is 9.61. The van der Waals surface area contributed by atoms with E-state index in [0.717, 1.165) is 16.3 Å². The summed E-state index contributed by atoms with van der Waals surface area (Å²) in [5.41, 5.74) is 1.64.